The minimum Gasteiger partial charge on any atom is -0.447 e. The molecule has 1 radical (unpaired) electrons. The van der Waals surface area contributed by atoms with Crippen LogP contribution in [0.4, 0.5) is 0 Å². The van der Waals surface area contributed by atoms with E-state index in [9.17, 15) is 4.79 Å². The van der Waals surface area contributed by atoms with Crippen LogP contribution in [-0.4, -0.2) is 12.1 Å². The predicted octanol–water partition coefficient (Wildman–Crippen LogP) is 0.666. The molecule has 0 heterocycles. The second-order valence-corrected chi connectivity index (χ2v) is 1.52. The molecule has 0 aliphatic heterocycles. The second-order valence-electron chi connectivity index (χ2n) is 1.52. The van der Waals surface area contributed by atoms with Gasteiger partial charge in [-0.3, -0.25) is 4.79 Å². The van der Waals surface area contributed by atoms with E-state index >= 15 is 0 Å². The zero-order valence-electron chi connectivity index (χ0n) is 5.26. The normalized spacial score (nSPS) is 11.7. The van der Waals surface area contributed by atoms with Gasteiger partial charge in [0.15, 0.2) is 6.10 Å². The zero-order chi connectivity index (χ0) is 7.28. The maximum atomic E-state index is 10.2. The van der Waals surface area contributed by atoms with Crippen LogP contribution in [0.5, 0.6) is 0 Å². The van der Waals surface area contributed by atoms with Gasteiger partial charge in [-0.05, 0) is 13.3 Å². The lowest BCUT2D eigenvalue weighted by Gasteiger charge is -2.03. The summed E-state index contributed by atoms with van der Waals surface area (Å²) in [7, 11) is 0. The Morgan fingerprint density at radius 1 is 2.00 bits per heavy atom. The molecule has 0 aromatic carbocycles. The van der Waals surface area contributed by atoms with Gasteiger partial charge < -0.3 is 4.74 Å². The van der Waals surface area contributed by atoms with Crippen molar-refractivity contribution < 1.29 is 9.53 Å². The number of ether oxygens (including phenoxy) is 1. The van der Waals surface area contributed by atoms with Crippen LogP contribution in [0, 0.1) is 18.3 Å². The van der Waals surface area contributed by atoms with Gasteiger partial charge in [0.25, 0.3) is 0 Å². The smallest absolute Gasteiger partial charge is 0.303 e. The molecular weight excluding hydrogens is 118 g/mol. The zero-order valence-corrected chi connectivity index (χ0v) is 5.26. The highest BCUT2D eigenvalue weighted by Crippen LogP contribution is 1.94. The SMILES string of the molecule is [CH2]CC(C#N)OC(C)=O. The van der Waals surface area contributed by atoms with Crippen molar-refractivity contribution in [1.82, 2.24) is 0 Å². The number of nitrogens with zero attached hydrogens (tertiary/aromatic N) is 1. The Morgan fingerprint density at radius 2 is 2.56 bits per heavy atom. The summed E-state index contributed by atoms with van der Waals surface area (Å²) in [5.74, 6) is -0.440. The number of hydrogen-bond acceptors (Lipinski definition) is 3. The number of hydrogen-bond donors (Lipinski definition) is 0. The minimum absolute atomic E-state index is 0.302. The average molecular weight is 126 g/mol. The first-order valence-corrected chi connectivity index (χ1v) is 2.56. The van der Waals surface area contributed by atoms with Crippen LogP contribution < -0.4 is 0 Å². The van der Waals surface area contributed by atoms with Gasteiger partial charge in [0, 0.05) is 6.92 Å². The Hall–Kier alpha value is -1.04. The van der Waals surface area contributed by atoms with Crippen LogP contribution >= 0.6 is 0 Å². The molecule has 0 rings (SSSR count). The van der Waals surface area contributed by atoms with Gasteiger partial charge >= 0.3 is 5.97 Å². The summed E-state index contributed by atoms with van der Waals surface area (Å²) in [6.45, 7) is 4.67. The standard InChI is InChI=1S/C6H8NO2/c1-3-6(4-7)9-5(2)8/h6H,1,3H2,2H3. The maximum absolute atomic E-state index is 10.2. The first kappa shape index (κ1) is 7.96. The fraction of sp³-hybridized carbons (Fsp3) is 0.500. The predicted molar refractivity (Wildman–Crippen MR) is 31.1 cm³/mol. The molecule has 0 aliphatic carbocycles. The Kier molecular flexibility index (Phi) is 3.45. The van der Waals surface area contributed by atoms with Gasteiger partial charge in [0.05, 0.1) is 0 Å². The molecule has 3 heteroatoms. The first-order chi connectivity index (χ1) is 4.20. The lowest BCUT2D eigenvalue weighted by atomic mass is 10.3. The third-order valence-corrected chi connectivity index (χ3v) is 0.714. The van der Waals surface area contributed by atoms with Crippen molar-refractivity contribution in [2.75, 3.05) is 0 Å². The van der Waals surface area contributed by atoms with Crippen molar-refractivity contribution in [2.45, 2.75) is 19.4 Å². The Morgan fingerprint density at radius 3 is 2.67 bits per heavy atom. The van der Waals surface area contributed by atoms with E-state index in [-0.39, 0.29) is 0 Å². The molecule has 0 aromatic heterocycles. The number of rotatable bonds is 2. The van der Waals surface area contributed by atoms with Crippen LogP contribution in [0.25, 0.3) is 0 Å². The van der Waals surface area contributed by atoms with Crippen LogP contribution in [0.2, 0.25) is 0 Å². The van der Waals surface area contributed by atoms with E-state index in [1.165, 1.54) is 6.92 Å². The van der Waals surface area contributed by atoms with Crippen molar-refractivity contribution in [3.8, 4) is 6.07 Å². The summed E-state index contributed by atoms with van der Waals surface area (Å²) < 4.78 is 4.49. The van der Waals surface area contributed by atoms with E-state index in [2.05, 4.69) is 11.7 Å². The molecule has 1 atom stereocenters. The molecule has 1 unspecified atom stereocenters. The van der Waals surface area contributed by atoms with Crippen LogP contribution in [0.15, 0.2) is 0 Å². The monoisotopic (exact) mass is 126 g/mol. The minimum atomic E-state index is -0.678. The summed E-state index contributed by atoms with van der Waals surface area (Å²) in [6, 6.07) is 1.78. The van der Waals surface area contributed by atoms with E-state index in [1.54, 1.807) is 6.07 Å². The van der Waals surface area contributed by atoms with E-state index < -0.39 is 12.1 Å². The topological polar surface area (TPSA) is 50.1 Å². The number of carbonyl (C=O) groups excluding carboxylic acids is 1. The van der Waals surface area contributed by atoms with Crippen molar-refractivity contribution in [3.63, 3.8) is 0 Å². The number of esters is 1. The number of carbonyl (C=O) groups is 1. The molecule has 0 spiro atoms. The third kappa shape index (κ3) is 3.53. The van der Waals surface area contributed by atoms with Gasteiger partial charge in [-0.15, -0.1) is 0 Å². The van der Waals surface area contributed by atoms with Gasteiger partial charge in [-0.1, -0.05) is 0 Å². The first-order valence-electron chi connectivity index (χ1n) is 2.56. The maximum Gasteiger partial charge on any atom is 0.303 e. The lowest BCUT2D eigenvalue weighted by Crippen LogP contribution is -2.12. The largest absolute Gasteiger partial charge is 0.447 e. The molecular formula is C6H8NO2. The summed E-state index contributed by atoms with van der Waals surface area (Å²) in [5.41, 5.74) is 0. The van der Waals surface area contributed by atoms with E-state index in [4.69, 9.17) is 5.26 Å². The quantitative estimate of drug-likeness (QED) is 0.511. The van der Waals surface area contributed by atoms with Crippen LogP contribution in [-0.2, 0) is 9.53 Å². The molecule has 49 valence electrons. The Balaban J connectivity index is 3.60. The van der Waals surface area contributed by atoms with Crippen LogP contribution in [0.1, 0.15) is 13.3 Å². The van der Waals surface area contributed by atoms with Gasteiger partial charge in [0.2, 0.25) is 0 Å². The number of nitriles is 1. The summed E-state index contributed by atoms with van der Waals surface area (Å²) in [6.07, 6.45) is -0.377. The van der Waals surface area contributed by atoms with E-state index in [1.807, 2.05) is 0 Å². The van der Waals surface area contributed by atoms with Crippen molar-refractivity contribution >= 4 is 5.97 Å². The third-order valence-electron chi connectivity index (χ3n) is 0.714. The summed E-state index contributed by atoms with van der Waals surface area (Å²) in [5, 5.41) is 8.21. The highest BCUT2D eigenvalue weighted by atomic mass is 16.5. The van der Waals surface area contributed by atoms with Crippen molar-refractivity contribution in [1.29, 1.82) is 5.26 Å². The fourth-order valence-electron chi connectivity index (χ4n) is 0.350. The molecule has 0 amide bonds. The molecule has 3 nitrogen and oxygen atoms in total. The van der Waals surface area contributed by atoms with Crippen molar-refractivity contribution in [3.05, 3.63) is 6.92 Å². The second kappa shape index (κ2) is 3.90. The Bertz CT molecular complexity index is 136. The molecule has 0 saturated carbocycles. The molecule has 0 aliphatic rings. The average Bonchev–Trinajstić information content (AvgIpc) is 1.82. The highest BCUT2D eigenvalue weighted by molar-refractivity contribution is 5.66. The van der Waals surface area contributed by atoms with Crippen LogP contribution in [0.3, 0.4) is 0 Å². The molecule has 0 aromatic rings. The fourth-order valence-corrected chi connectivity index (χ4v) is 0.350. The molecule has 0 N–H and O–H groups in total. The molecule has 0 saturated heterocycles. The summed E-state index contributed by atoms with van der Waals surface area (Å²) >= 11 is 0. The Labute approximate surface area is 54.2 Å². The molecule has 0 fully saturated rings. The van der Waals surface area contributed by atoms with E-state index in [0.717, 1.165) is 0 Å². The lowest BCUT2D eigenvalue weighted by molar-refractivity contribution is -0.143. The molecule has 0 bridgehead atoms. The summed E-state index contributed by atoms with van der Waals surface area (Å²) in [4.78, 5) is 10.2. The van der Waals surface area contributed by atoms with E-state index in [0.29, 0.717) is 6.42 Å². The van der Waals surface area contributed by atoms with Gasteiger partial charge in [-0.25, -0.2) is 0 Å². The van der Waals surface area contributed by atoms with Crippen molar-refractivity contribution in [2.24, 2.45) is 0 Å². The van der Waals surface area contributed by atoms with Gasteiger partial charge in [-0.2, -0.15) is 5.26 Å². The highest BCUT2D eigenvalue weighted by Gasteiger charge is 2.05. The molecule has 9 heavy (non-hydrogen) atoms. The van der Waals surface area contributed by atoms with Gasteiger partial charge in [0.1, 0.15) is 6.07 Å².